The molecule has 1 fully saturated rings. The number of rotatable bonds is 7. The van der Waals surface area contributed by atoms with Crippen LogP contribution >= 0.6 is 11.6 Å². The molecule has 1 aliphatic heterocycles. The molecule has 1 heterocycles. The van der Waals surface area contributed by atoms with Crippen molar-refractivity contribution in [1.29, 1.82) is 0 Å². The third-order valence-corrected chi connectivity index (χ3v) is 5.03. The Morgan fingerprint density at radius 3 is 2.72 bits per heavy atom. The zero-order valence-electron chi connectivity index (χ0n) is 15.3. The highest BCUT2D eigenvalue weighted by molar-refractivity contribution is 6.31. The molecule has 1 saturated heterocycles. The normalized spacial score (nSPS) is 20.8. The van der Waals surface area contributed by atoms with E-state index >= 15 is 0 Å². The van der Waals surface area contributed by atoms with Gasteiger partial charge in [-0.25, -0.2) is 0 Å². The molecule has 138 valence electrons. The number of hydrogen-bond acceptors (Lipinski definition) is 3. The fraction of sp³-hybridized carbons (Fsp3) is 0.579. The Balaban J connectivity index is 2.17. The molecule has 0 radical (unpaired) electrons. The minimum atomic E-state index is -0.297. The maximum Gasteiger partial charge on any atom is 0.225 e. The number of nitrogens with one attached hydrogen (secondary N) is 1. The third kappa shape index (κ3) is 4.95. The number of nitrogens with zero attached hydrogens (tertiary/aromatic N) is 2. The first-order valence-electron chi connectivity index (χ1n) is 8.92. The van der Waals surface area contributed by atoms with Crippen LogP contribution in [0.5, 0.6) is 0 Å². The van der Waals surface area contributed by atoms with Crippen LogP contribution < -0.4 is 5.32 Å². The number of carbonyl (C=O) groups is 2. The van der Waals surface area contributed by atoms with Crippen molar-refractivity contribution >= 4 is 23.4 Å². The molecule has 2 rings (SSSR count). The summed E-state index contributed by atoms with van der Waals surface area (Å²) in [6.07, 6.45) is 1.87. The summed E-state index contributed by atoms with van der Waals surface area (Å²) < 4.78 is 0. The fourth-order valence-corrected chi connectivity index (χ4v) is 3.69. The fourth-order valence-electron chi connectivity index (χ4n) is 3.44. The van der Waals surface area contributed by atoms with Gasteiger partial charge in [-0.2, -0.15) is 0 Å². The van der Waals surface area contributed by atoms with Gasteiger partial charge in [-0.05, 0) is 52.0 Å². The molecule has 0 aromatic heterocycles. The van der Waals surface area contributed by atoms with Crippen LogP contribution in [0.15, 0.2) is 24.3 Å². The van der Waals surface area contributed by atoms with Crippen molar-refractivity contribution in [2.24, 2.45) is 5.92 Å². The van der Waals surface area contributed by atoms with E-state index in [1.807, 2.05) is 45.3 Å². The number of halogens is 1. The first kappa shape index (κ1) is 19.7. The van der Waals surface area contributed by atoms with Gasteiger partial charge < -0.3 is 15.1 Å². The number of piperidine rings is 1. The van der Waals surface area contributed by atoms with Crippen LogP contribution in [0.4, 0.5) is 0 Å². The Morgan fingerprint density at radius 2 is 2.08 bits per heavy atom. The molecule has 0 unspecified atom stereocenters. The van der Waals surface area contributed by atoms with Gasteiger partial charge in [-0.3, -0.25) is 9.59 Å². The molecule has 0 spiro atoms. The van der Waals surface area contributed by atoms with Crippen LogP contribution in [0.1, 0.15) is 37.8 Å². The van der Waals surface area contributed by atoms with E-state index in [-0.39, 0.29) is 23.8 Å². The van der Waals surface area contributed by atoms with E-state index in [2.05, 4.69) is 10.2 Å². The number of benzene rings is 1. The van der Waals surface area contributed by atoms with Crippen molar-refractivity contribution in [3.05, 3.63) is 34.9 Å². The van der Waals surface area contributed by atoms with Crippen molar-refractivity contribution < 1.29 is 9.59 Å². The van der Waals surface area contributed by atoms with Crippen LogP contribution in [0, 0.1) is 5.92 Å². The highest BCUT2D eigenvalue weighted by Gasteiger charge is 2.40. The van der Waals surface area contributed by atoms with E-state index in [1.165, 1.54) is 0 Å². The van der Waals surface area contributed by atoms with E-state index in [0.717, 1.165) is 18.5 Å². The molecule has 1 aromatic carbocycles. The average molecular weight is 366 g/mol. The Kier molecular flexibility index (Phi) is 7.26. The molecule has 0 aliphatic carbocycles. The Morgan fingerprint density at radius 1 is 1.36 bits per heavy atom. The molecule has 25 heavy (non-hydrogen) atoms. The molecular weight excluding hydrogens is 338 g/mol. The lowest BCUT2D eigenvalue weighted by molar-refractivity contribution is -0.143. The number of hydrogen-bond donors (Lipinski definition) is 1. The number of amides is 2. The minimum absolute atomic E-state index is 0.00891. The van der Waals surface area contributed by atoms with Gasteiger partial charge in [0.05, 0.1) is 12.0 Å². The van der Waals surface area contributed by atoms with Crippen molar-refractivity contribution in [2.75, 3.05) is 33.7 Å². The molecule has 2 amide bonds. The molecule has 1 aliphatic rings. The summed E-state index contributed by atoms with van der Waals surface area (Å²) in [4.78, 5) is 29.1. The Hall–Kier alpha value is -1.59. The van der Waals surface area contributed by atoms with E-state index in [1.54, 1.807) is 4.90 Å². The monoisotopic (exact) mass is 365 g/mol. The topological polar surface area (TPSA) is 52.7 Å². The van der Waals surface area contributed by atoms with Gasteiger partial charge in [0.25, 0.3) is 0 Å². The lowest BCUT2D eigenvalue weighted by atomic mass is 9.83. The maximum absolute atomic E-state index is 12.8. The van der Waals surface area contributed by atoms with Crippen molar-refractivity contribution in [3.63, 3.8) is 0 Å². The molecule has 1 aromatic rings. The van der Waals surface area contributed by atoms with Gasteiger partial charge in [-0.1, -0.05) is 29.8 Å². The summed E-state index contributed by atoms with van der Waals surface area (Å²) in [7, 11) is 4.03. The third-order valence-electron chi connectivity index (χ3n) is 4.69. The minimum Gasteiger partial charge on any atom is -0.356 e. The van der Waals surface area contributed by atoms with Gasteiger partial charge in [0.1, 0.15) is 0 Å². The van der Waals surface area contributed by atoms with Gasteiger partial charge >= 0.3 is 0 Å². The molecule has 0 bridgehead atoms. The van der Waals surface area contributed by atoms with E-state index < -0.39 is 0 Å². The Labute approximate surface area is 155 Å². The van der Waals surface area contributed by atoms with Crippen LogP contribution in [-0.4, -0.2) is 55.3 Å². The van der Waals surface area contributed by atoms with Gasteiger partial charge in [0, 0.05) is 24.5 Å². The predicted molar refractivity (Wildman–Crippen MR) is 100 cm³/mol. The predicted octanol–water partition coefficient (Wildman–Crippen LogP) is 2.71. The SMILES string of the molecule is CCN1C(=O)CC[C@@H](C(=O)NCCCN(C)C)[C@@H]1c1ccccc1Cl. The van der Waals surface area contributed by atoms with Gasteiger partial charge in [-0.15, -0.1) is 0 Å². The van der Waals surface area contributed by atoms with Crippen LogP contribution in [-0.2, 0) is 9.59 Å². The Bertz CT molecular complexity index is 606. The van der Waals surface area contributed by atoms with Crippen LogP contribution in [0.25, 0.3) is 0 Å². The summed E-state index contributed by atoms with van der Waals surface area (Å²) in [5.74, 6) is -0.171. The molecule has 2 atom stereocenters. The van der Waals surface area contributed by atoms with Gasteiger partial charge in [0.15, 0.2) is 0 Å². The summed E-state index contributed by atoms with van der Waals surface area (Å²) in [6, 6.07) is 7.20. The van der Waals surface area contributed by atoms with E-state index in [4.69, 9.17) is 11.6 Å². The molecule has 5 nitrogen and oxygen atoms in total. The van der Waals surface area contributed by atoms with Gasteiger partial charge in [0.2, 0.25) is 11.8 Å². The average Bonchev–Trinajstić information content (AvgIpc) is 2.58. The molecule has 6 heteroatoms. The summed E-state index contributed by atoms with van der Waals surface area (Å²) >= 11 is 6.38. The van der Waals surface area contributed by atoms with Crippen LogP contribution in [0.3, 0.4) is 0 Å². The first-order valence-corrected chi connectivity index (χ1v) is 9.29. The standard InChI is InChI=1S/C19H28ClN3O2/c1-4-23-17(24)11-10-15(19(25)21-12-7-13-22(2)3)18(23)14-8-5-6-9-16(14)20/h5-6,8-9,15,18H,4,7,10-13H2,1-3H3,(H,21,25)/t15-,18+/m1/s1. The molecule has 0 saturated carbocycles. The van der Waals surface area contributed by atoms with E-state index in [0.29, 0.717) is 31.0 Å². The summed E-state index contributed by atoms with van der Waals surface area (Å²) in [5, 5.41) is 3.64. The number of carbonyl (C=O) groups excluding carboxylic acids is 2. The highest BCUT2D eigenvalue weighted by Crippen LogP contribution is 2.39. The highest BCUT2D eigenvalue weighted by atomic mass is 35.5. The quantitative estimate of drug-likeness (QED) is 0.756. The zero-order chi connectivity index (χ0) is 18.4. The first-order chi connectivity index (χ1) is 12.0. The second kappa shape index (κ2) is 9.20. The van der Waals surface area contributed by atoms with Crippen molar-refractivity contribution in [1.82, 2.24) is 15.1 Å². The second-order valence-electron chi connectivity index (χ2n) is 6.74. The number of likely N-dealkylation sites (tertiary alicyclic amines) is 1. The summed E-state index contributed by atoms with van der Waals surface area (Å²) in [6.45, 7) is 4.08. The second-order valence-corrected chi connectivity index (χ2v) is 7.15. The van der Waals surface area contributed by atoms with Crippen LogP contribution in [0.2, 0.25) is 5.02 Å². The lowest BCUT2D eigenvalue weighted by Gasteiger charge is -2.40. The lowest BCUT2D eigenvalue weighted by Crippen LogP contribution is -2.48. The molecular formula is C19H28ClN3O2. The smallest absolute Gasteiger partial charge is 0.225 e. The van der Waals surface area contributed by atoms with Crippen molar-refractivity contribution in [3.8, 4) is 0 Å². The molecule has 1 N–H and O–H groups in total. The summed E-state index contributed by atoms with van der Waals surface area (Å²) in [5.41, 5.74) is 0.854. The zero-order valence-corrected chi connectivity index (χ0v) is 16.1. The van der Waals surface area contributed by atoms with E-state index in [9.17, 15) is 9.59 Å². The maximum atomic E-state index is 12.8. The van der Waals surface area contributed by atoms with Crippen molar-refractivity contribution in [2.45, 2.75) is 32.2 Å². The largest absolute Gasteiger partial charge is 0.356 e.